The Kier molecular flexibility index (Phi) is 4.41. The van der Waals surface area contributed by atoms with E-state index in [1.807, 2.05) is 0 Å². The van der Waals surface area contributed by atoms with Crippen LogP contribution in [0.1, 0.15) is 37.2 Å². The van der Waals surface area contributed by atoms with E-state index < -0.39 is 0 Å². The molecule has 0 spiro atoms. The van der Waals surface area contributed by atoms with E-state index in [4.69, 9.17) is 0 Å². The zero-order valence-electron chi connectivity index (χ0n) is 11.6. The molecule has 1 aliphatic carbocycles. The molecule has 104 valence electrons. The standard InChI is InChI=1S/C18H20BrN/c19-15-10-12-16(13-11-15)20-18-9-5-4-8-17(18)14-6-2-1-3-7-14/h1-3,6-7,10-13,17-18,20H,4-5,8-9H2. The predicted octanol–water partition coefficient (Wildman–Crippen LogP) is 5.59. The zero-order valence-corrected chi connectivity index (χ0v) is 13.1. The van der Waals surface area contributed by atoms with Gasteiger partial charge in [0.1, 0.15) is 0 Å². The van der Waals surface area contributed by atoms with Crippen LogP contribution in [0.4, 0.5) is 5.69 Å². The Balaban J connectivity index is 1.77. The molecule has 0 radical (unpaired) electrons. The first kappa shape index (κ1) is 13.7. The zero-order chi connectivity index (χ0) is 13.8. The van der Waals surface area contributed by atoms with Crippen molar-refractivity contribution in [3.63, 3.8) is 0 Å². The lowest BCUT2D eigenvalue weighted by atomic mass is 9.80. The van der Waals surface area contributed by atoms with Gasteiger partial charge in [0, 0.05) is 22.1 Å². The van der Waals surface area contributed by atoms with Gasteiger partial charge in [-0.15, -0.1) is 0 Å². The molecule has 0 aliphatic heterocycles. The Bertz CT molecular complexity index is 535. The summed E-state index contributed by atoms with van der Waals surface area (Å²) in [7, 11) is 0. The van der Waals surface area contributed by atoms with Gasteiger partial charge >= 0.3 is 0 Å². The fourth-order valence-corrected chi connectivity index (χ4v) is 3.43. The van der Waals surface area contributed by atoms with Gasteiger partial charge in [0.25, 0.3) is 0 Å². The molecule has 2 heteroatoms. The summed E-state index contributed by atoms with van der Waals surface area (Å²) in [5.74, 6) is 0.633. The summed E-state index contributed by atoms with van der Waals surface area (Å²) in [6, 6.07) is 20.0. The Morgan fingerprint density at radius 3 is 2.30 bits per heavy atom. The minimum absolute atomic E-state index is 0.548. The van der Waals surface area contributed by atoms with Gasteiger partial charge < -0.3 is 5.32 Å². The number of benzene rings is 2. The molecule has 2 aromatic rings. The molecule has 0 amide bonds. The van der Waals surface area contributed by atoms with E-state index in [0.29, 0.717) is 12.0 Å². The summed E-state index contributed by atoms with van der Waals surface area (Å²) in [5, 5.41) is 3.74. The molecule has 0 aromatic heterocycles. The molecule has 1 aliphatic rings. The van der Waals surface area contributed by atoms with Gasteiger partial charge in [-0.2, -0.15) is 0 Å². The van der Waals surface area contributed by atoms with Crippen molar-refractivity contribution in [2.24, 2.45) is 0 Å². The fourth-order valence-electron chi connectivity index (χ4n) is 3.16. The monoisotopic (exact) mass is 329 g/mol. The van der Waals surface area contributed by atoms with Crippen molar-refractivity contribution in [1.82, 2.24) is 0 Å². The smallest absolute Gasteiger partial charge is 0.0343 e. The molecule has 2 unspecified atom stereocenters. The van der Waals surface area contributed by atoms with Gasteiger partial charge in [0.15, 0.2) is 0 Å². The first-order valence-corrected chi connectivity index (χ1v) is 8.19. The SMILES string of the molecule is Brc1ccc(NC2CCCCC2c2ccccc2)cc1. The van der Waals surface area contributed by atoms with Crippen molar-refractivity contribution in [2.45, 2.75) is 37.6 Å². The maximum atomic E-state index is 3.74. The first-order chi connectivity index (χ1) is 9.83. The Labute approximate surface area is 129 Å². The number of anilines is 1. The van der Waals surface area contributed by atoms with Crippen molar-refractivity contribution in [3.8, 4) is 0 Å². The number of nitrogens with one attached hydrogen (secondary N) is 1. The fraction of sp³-hybridized carbons (Fsp3) is 0.333. The van der Waals surface area contributed by atoms with Crippen LogP contribution in [0, 0.1) is 0 Å². The summed E-state index contributed by atoms with van der Waals surface area (Å²) >= 11 is 3.49. The van der Waals surface area contributed by atoms with Gasteiger partial charge in [0.2, 0.25) is 0 Å². The lowest BCUT2D eigenvalue weighted by Crippen LogP contribution is -2.30. The highest BCUT2D eigenvalue weighted by atomic mass is 79.9. The minimum Gasteiger partial charge on any atom is -0.382 e. The van der Waals surface area contributed by atoms with Crippen LogP contribution in [-0.4, -0.2) is 6.04 Å². The lowest BCUT2D eigenvalue weighted by molar-refractivity contribution is 0.405. The van der Waals surface area contributed by atoms with E-state index in [1.54, 1.807) is 0 Å². The molecular formula is C18H20BrN. The second-order valence-electron chi connectivity index (χ2n) is 5.56. The van der Waals surface area contributed by atoms with Crippen molar-refractivity contribution in [3.05, 3.63) is 64.6 Å². The van der Waals surface area contributed by atoms with Crippen LogP contribution < -0.4 is 5.32 Å². The Morgan fingerprint density at radius 2 is 1.55 bits per heavy atom. The minimum atomic E-state index is 0.548. The summed E-state index contributed by atoms with van der Waals surface area (Å²) in [6.07, 6.45) is 5.23. The van der Waals surface area contributed by atoms with Crippen LogP contribution in [0.5, 0.6) is 0 Å². The predicted molar refractivity (Wildman–Crippen MR) is 89.2 cm³/mol. The maximum absolute atomic E-state index is 3.74. The average molecular weight is 330 g/mol. The highest BCUT2D eigenvalue weighted by Gasteiger charge is 2.26. The number of halogens is 1. The highest BCUT2D eigenvalue weighted by molar-refractivity contribution is 9.10. The van der Waals surface area contributed by atoms with Crippen LogP contribution in [0.15, 0.2) is 59.1 Å². The summed E-state index contributed by atoms with van der Waals surface area (Å²) < 4.78 is 1.13. The molecule has 0 saturated heterocycles. The van der Waals surface area contributed by atoms with Crippen molar-refractivity contribution in [2.75, 3.05) is 5.32 Å². The van der Waals surface area contributed by atoms with Crippen LogP contribution in [-0.2, 0) is 0 Å². The third kappa shape index (κ3) is 3.24. The maximum Gasteiger partial charge on any atom is 0.0343 e. The van der Waals surface area contributed by atoms with E-state index in [1.165, 1.54) is 36.9 Å². The number of hydrogen-bond acceptors (Lipinski definition) is 1. The van der Waals surface area contributed by atoms with Crippen molar-refractivity contribution in [1.29, 1.82) is 0 Å². The van der Waals surface area contributed by atoms with Crippen LogP contribution >= 0.6 is 15.9 Å². The first-order valence-electron chi connectivity index (χ1n) is 7.40. The third-order valence-electron chi connectivity index (χ3n) is 4.19. The van der Waals surface area contributed by atoms with Gasteiger partial charge in [-0.3, -0.25) is 0 Å². The molecule has 1 N–H and O–H groups in total. The van der Waals surface area contributed by atoms with E-state index in [2.05, 4.69) is 75.8 Å². The molecule has 2 aromatic carbocycles. The Hall–Kier alpha value is -1.28. The summed E-state index contributed by atoms with van der Waals surface area (Å²) in [5.41, 5.74) is 2.70. The lowest BCUT2D eigenvalue weighted by Gasteiger charge is -2.33. The van der Waals surface area contributed by atoms with Crippen LogP contribution in [0.2, 0.25) is 0 Å². The third-order valence-corrected chi connectivity index (χ3v) is 4.72. The van der Waals surface area contributed by atoms with Crippen molar-refractivity contribution < 1.29 is 0 Å². The second-order valence-corrected chi connectivity index (χ2v) is 6.48. The molecule has 1 saturated carbocycles. The van der Waals surface area contributed by atoms with E-state index in [9.17, 15) is 0 Å². The number of rotatable bonds is 3. The molecular weight excluding hydrogens is 310 g/mol. The number of hydrogen-bond donors (Lipinski definition) is 1. The largest absolute Gasteiger partial charge is 0.382 e. The van der Waals surface area contributed by atoms with Gasteiger partial charge in [0.05, 0.1) is 0 Å². The molecule has 0 heterocycles. The normalized spacial score (nSPS) is 22.4. The molecule has 3 rings (SSSR count). The van der Waals surface area contributed by atoms with Gasteiger partial charge in [-0.1, -0.05) is 59.1 Å². The van der Waals surface area contributed by atoms with Gasteiger partial charge in [-0.05, 0) is 42.7 Å². The van der Waals surface area contributed by atoms with E-state index >= 15 is 0 Å². The summed E-state index contributed by atoms with van der Waals surface area (Å²) in [6.45, 7) is 0. The summed E-state index contributed by atoms with van der Waals surface area (Å²) in [4.78, 5) is 0. The molecule has 1 nitrogen and oxygen atoms in total. The van der Waals surface area contributed by atoms with E-state index in [0.717, 1.165) is 4.47 Å². The highest BCUT2D eigenvalue weighted by Crippen LogP contribution is 2.35. The molecule has 1 fully saturated rings. The molecule has 2 atom stereocenters. The van der Waals surface area contributed by atoms with Crippen LogP contribution in [0.3, 0.4) is 0 Å². The molecule has 0 bridgehead atoms. The van der Waals surface area contributed by atoms with E-state index in [-0.39, 0.29) is 0 Å². The van der Waals surface area contributed by atoms with Crippen molar-refractivity contribution >= 4 is 21.6 Å². The topological polar surface area (TPSA) is 12.0 Å². The second kappa shape index (κ2) is 6.45. The Morgan fingerprint density at radius 1 is 0.850 bits per heavy atom. The average Bonchev–Trinajstić information content (AvgIpc) is 2.51. The van der Waals surface area contributed by atoms with Crippen LogP contribution in [0.25, 0.3) is 0 Å². The van der Waals surface area contributed by atoms with Gasteiger partial charge in [-0.25, -0.2) is 0 Å². The molecule has 20 heavy (non-hydrogen) atoms. The quantitative estimate of drug-likeness (QED) is 0.774.